The monoisotopic (exact) mass is 288 g/mol. The van der Waals surface area contributed by atoms with E-state index in [2.05, 4.69) is 5.32 Å². The van der Waals surface area contributed by atoms with Crippen LogP contribution in [0.3, 0.4) is 0 Å². The van der Waals surface area contributed by atoms with Crippen LogP contribution in [0.4, 0.5) is 0 Å². The smallest absolute Gasteiger partial charge is 0.222 e. The molecule has 0 bridgehead atoms. The van der Waals surface area contributed by atoms with Gasteiger partial charge >= 0.3 is 0 Å². The molecule has 19 heavy (non-hydrogen) atoms. The lowest BCUT2D eigenvalue weighted by molar-refractivity contribution is -0.132. The molecule has 1 aliphatic heterocycles. The molecule has 6 heteroatoms. The average Bonchev–Trinajstić information content (AvgIpc) is 2.33. The number of hydrogen-bond donors (Lipinski definition) is 1. The van der Waals surface area contributed by atoms with Crippen LogP contribution in [0.1, 0.15) is 38.5 Å². The lowest BCUT2D eigenvalue weighted by Gasteiger charge is -2.36. The maximum Gasteiger partial charge on any atom is 0.222 e. The Balaban J connectivity index is 1.87. The zero-order chi connectivity index (χ0) is 14.0. The van der Waals surface area contributed by atoms with Crippen LogP contribution in [0.2, 0.25) is 0 Å². The van der Waals surface area contributed by atoms with Crippen molar-refractivity contribution < 1.29 is 13.2 Å². The number of likely N-dealkylation sites (tertiary alicyclic amines) is 1. The maximum atomic E-state index is 11.6. The van der Waals surface area contributed by atoms with E-state index in [0.29, 0.717) is 18.9 Å². The summed E-state index contributed by atoms with van der Waals surface area (Å²) in [5.41, 5.74) is 0. The van der Waals surface area contributed by atoms with Crippen LogP contribution in [0.15, 0.2) is 0 Å². The molecule has 5 nitrogen and oxygen atoms in total. The second kappa shape index (κ2) is 5.79. The van der Waals surface area contributed by atoms with Gasteiger partial charge in [0, 0.05) is 38.4 Å². The van der Waals surface area contributed by atoms with Gasteiger partial charge in [0.2, 0.25) is 5.91 Å². The molecule has 1 N–H and O–H groups in total. The topological polar surface area (TPSA) is 66.5 Å². The second-order valence-corrected chi connectivity index (χ2v) is 8.32. The first-order valence-corrected chi connectivity index (χ1v) is 9.00. The number of nitrogens with zero attached hydrogens (tertiary/aromatic N) is 1. The van der Waals surface area contributed by atoms with Gasteiger partial charge < -0.3 is 10.2 Å². The number of likely N-dealkylation sites (N-methyl/N-ethyl adjacent to an activating group) is 1. The molecule has 1 saturated heterocycles. The van der Waals surface area contributed by atoms with E-state index in [0.717, 1.165) is 32.2 Å². The van der Waals surface area contributed by atoms with Crippen LogP contribution >= 0.6 is 0 Å². The molecule has 0 aromatic carbocycles. The molecular formula is C13H24N2O3S. The molecule has 2 fully saturated rings. The van der Waals surface area contributed by atoms with Gasteiger partial charge in [-0.25, -0.2) is 8.42 Å². The highest BCUT2D eigenvalue weighted by atomic mass is 32.2. The van der Waals surface area contributed by atoms with E-state index in [9.17, 15) is 13.2 Å². The van der Waals surface area contributed by atoms with Gasteiger partial charge in [-0.3, -0.25) is 4.79 Å². The van der Waals surface area contributed by atoms with Crippen molar-refractivity contribution in [1.29, 1.82) is 0 Å². The highest BCUT2D eigenvalue weighted by Crippen LogP contribution is 2.25. The molecule has 1 heterocycles. The van der Waals surface area contributed by atoms with Gasteiger partial charge in [-0.1, -0.05) is 6.42 Å². The number of carbonyl (C=O) groups is 1. The summed E-state index contributed by atoms with van der Waals surface area (Å²) in [4.78, 5) is 13.2. The van der Waals surface area contributed by atoms with Gasteiger partial charge in [-0.2, -0.15) is 0 Å². The molecule has 3 atom stereocenters. The van der Waals surface area contributed by atoms with Crippen LogP contribution in [-0.2, 0) is 14.6 Å². The fraction of sp³-hybridized carbons (Fsp3) is 0.923. The quantitative estimate of drug-likeness (QED) is 0.824. The largest absolute Gasteiger partial charge is 0.344 e. The van der Waals surface area contributed by atoms with Crippen molar-refractivity contribution in [2.75, 3.05) is 19.8 Å². The molecule has 0 spiro atoms. The number of rotatable bonds is 3. The molecule has 2 aliphatic rings. The van der Waals surface area contributed by atoms with Crippen molar-refractivity contribution in [2.24, 2.45) is 0 Å². The third kappa shape index (κ3) is 3.92. The second-order valence-electron chi connectivity index (χ2n) is 5.99. The zero-order valence-electron chi connectivity index (χ0n) is 11.8. The van der Waals surface area contributed by atoms with Crippen molar-refractivity contribution in [3.8, 4) is 0 Å². The Bertz CT molecular complexity index is 435. The summed E-state index contributed by atoms with van der Waals surface area (Å²) >= 11 is 0. The van der Waals surface area contributed by atoms with E-state index < -0.39 is 9.84 Å². The Morgan fingerprint density at radius 3 is 2.58 bits per heavy atom. The van der Waals surface area contributed by atoms with Gasteiger partial charge in [-0.05, 0) is 25.7 Å². The Morgan fingerprint density at radius 2 is 1.95 bits per heavy atom. The zero-order valence-corrected chi connectivity index (χ0v) is 12.6. The predicted octanol–water partition coefficient (Wildman–Crippen LogP) is 0.553. The standard InChI is InChI=1S/C13H24N2O3S/c1-15-9-11(6-7-13(15)16)14-10-4-3-5-12(8-10)19(2,17)18/h10-12,14H,3-9H2,1-2H3. The third-order valence-corrected chi connectivity index (χ3v) is 5.97. The van der Waals surface area contributed by atoms with Crippen molar-refractivity contribution in [2.45, 2.75) is 55.9 Å². The van der Waals surface area contributed by atoms with E-state index in [1.807, 2.05) is 7.05 Å². The molecule has 2 rings (SSSR count). The Morgan fingerprint density at radius 1 is 1.21 bits per heavy atom. The van der Waals surface area contributed by atoms with Crippen LogP contribution in [0, 0.1) is 0 Å². The van der Waals surface area contributed by atoms with Crippen LogP contribution < -0.4 is 5.32 Å². The molecule has 0 radical (unpaired) electrons. The molecule has 110 valence electrons. The number of sulfone groups is 1. The van der Waals surface area contributed by atoms with Crippen molar-refractivity contribution >= 4 is 15.7 Å². The van der Waals surface area contributed by atoms with Gasteiger partial charge in [-0.15, -0.1) is 0 Å². The van der Waals surface area contributed by atoms with Crippen LogP contribution in [0.5, 0.6) is 0 Å². The normalized spacial score (nSPS) is 33.5. The summed E-state index contributed by atoms with van der Waals surface area (Å²) in [6.07, 6.45) is 6.32. The van der Waals surface area contributed by atoms with Gasteiger partial charge in [0.05, 0.1) is 5.25 Å². The van der Waals surface area contributed by atoms with Crippen LogP contribution in [-0.4, -0.2) is 56.4 Å². The summed E-state index contributed by atoms with van der Waals surface area (Å²) in [6.45, 7) is 0.735. The van der Waals surface area contributed by atoms with Crippen molar-refractivity contribution in [3.05, 3.63) is 0 Å². The Kier molecular flexibility index (Phi) is 4.50. The van der Waals surface area contributed by atoms with E-state index in [-0.39, 0.29) is 17.2 Å². The summed E-state index contributed by atoms with van der Waals surface area (Å²) in [5, 5.41) is 3.36. The fourth-order valence-corrected chi connectivity index (χ4v) is 4.34. The minimum Gasteiger partial charge on any atom is -0.344 e. The summed E-state index contributed by atoms with van der Waals surface area (Å²) in [6, 6.07) is 0.589. The maximum absolute atomic E-state index is 11.6. The minimum atomic E-state index is -2.92. The SMILES string of the molecule is CN1CC(NC2CCCC(S(C)(=O)=O)C2)CCC1=O. The summed E-state index contributed by atoms with van der Waals surface area (Å²) in [5.74, 6) is 0.204. The molecule has 3 unspecified atom stereocenters. The van der Waals surface area contributed by atoms with Gasteiger partial charge in [0.25, 0.3) is 0 Å². The highest BCUT2D eigenvalue weighted by molar-refractivity contribution is 7.91. The number of amides is 1. The summed E-state index contributed by atoms with van der Waals surface area (Å²) in [7, 11) is -1.09. The molecule has 1 aliphatic carbocycles. The average molecular weight is 288 g/mol. The van der Waals surface area contributed by atoms with Crippen LogP contribution in [0.25, 0.3) is 0 Å². The number of piperidine rings is 1. The van der Waals surface area contributed by atoms with E-state index >= 15 is 0 Å². The number of nitrogens with one attached hydrogen (secondary N) is 1. The molecular weight excluding hydrogens is 264 g/mol. The lowest BCUT2D eigenvalue weighted by atomic mass is 9.93. The first kappa shape index (κ1) is 14.8. The summed E-state index contributed by atoms with van der Waals surface area (Å²) < 4.78 is 23.3. The van der Waals surface area contributed by atoms with Gasteiger partial charge in [0.1, 0.15) is 9.84 Å². The molecule has 0 aromatic rings. The van der Waals surface area contributed by atoms with Gasteiger partial charge in [0.15, 0.2) is 0 Å². The Labute approximate surface area is 115 Å². The Hall–Kier alpha value is -0.620. The fourth-order valence-electron chi connectivity index (χ4n) is 3.17. The van der Waals surface area contributed by atoms with E-state index in [1.165, 1.54) is 6.26 Å². The minimum absolute atomic E-state index is 0.193. The van der Waals surface area contributed by atoms with E-state index in [1.54, 1.807) is 4.90 Å². The first-order chi connectivity index (χ1) is 8.86. The highest BCUT2D eigenvalue weighted by Gasteiger charge is 2.31. The third-order valence-electron chi connectivity index (χ3n) is 4.33. The molecule has 0 aromatic heterocycles. The number of hydrogen-bond acceptors (Lipinski definition) is 4. The van der Waals surface area contributed by atoms with E-state index in [4.69, 9.17) is 0 Å². The predicted molar refractivity (Wildman–Crippen MR) is 74.7 cm³/mol. The first-order valence-electron chi connectivity index (χ1n) is 7.05. The van der Waals surface area contributed by atoms with Crippen molar-refractivity contribution in [3.63, 3.8) is 0 Å². The molecule has 1 amide bonds. The lowest BCUT2D eigenvalue weighted by Crippen LogP contribution is -2.51. The van der Waals surface area contributed by atoms with Crippen molar-refractivity contribution in [1.82, 2.24) is 10.2 Å². The number of carbonyl (C=O) groups excluding carboxylic acids is 1. The molecule has 1 saturated carbocycles.